The van der Waals surface area contributed by atoms with Crippen LogP contribution in [0.5, 0.6) is 5.75 Å². The van der Waals surface area contributed by atoms with Crippen LogP contribution in [0.4, 0.5) is 17.1 Å². The van der Waals surface area contributed by atoms with Gasteiger partial charge in [-0.05, 0) is 54.1 Å². The smallest absolute Gasteiger partial charge is 0.269 e. The molecular formula is C24H15Cl2N5O4S. The summed E-state index contributed by atoms with van der Waals surface area (Å²) in [6.07, 6.45) is 1.58. The molecule has 0 fully saturated rings. The second-order valence-electron chi connectivity index (χ2n) is 7.56. The number of fused-ring (bicyclic) bond motifs is 1. The SMILES string of the molecule is O=C1COc2ccc(-c3csc(=Nc4ccc(Cl)cc4Cl)n3N=Cc3ccc([N+](=O)[O-])cc3)cc2N1. The number of rotatable bonds is 5. The van der Waals surface area contributed by atoms with Crippen LogP contribution < -0.4 is 14.9 Å². The van der Waals surface area contributed by atoms with E-state index in [1.807, 2.05) is 11.4 Å². The van der Waals surface area contributed by atoms with Crippen molar-refractivity contribution in [1.82, 2.24) is 4.68 Å². The van der Waals surface area contributed by atoms with E-state index >= 15 is 0 Å². The van der Waals surface area contributed by atoms with Gasteiger partial charge in [0, 0.05) is 28.1 Å². The molecule has 9 nitrogen and oxygen atoms in total. The van der Waals surface area contributed by atoms with E-state index in [0.29, 0.717) is 43.2 Å². The lowest BCUT2D eigenvalue weighted by molar-refractivity contribution is -0.384. The maximum atomic E-state index is 11.8. The molecule has 0 spiro atoms. The first-order valence-corrected chi connectivity index (χ1v) is 12.1. The molecule has 1 aliphatic heterocycles. The number of carbonyl (C=O) groups is 1. The van der Waals surface area contributed by atoms with Crippen LogP contribution in [0, 0.1) is 10.1 Å². The van der Waals surface area contributed by atoms with Crippen molar-refractivity contribution in [3.05, 3.63) is 96.6 Å². The van der Waals surface area contributed by atoms with Crippen LogP contribution in [-0.4, -0.2) is 28.3 Å². The number of nitro benzene ring substituents is 1. The minimum Gasteiger partial charge on any atom is -0.482 e. The number of benzene rings is 3. The molecule has 0 saturated heterocycles. The molecule has 0 atom stereocenters. The maximum absolute atomic E-state index is 11.8. The van der Waals surface area contributed by atoms with Gasteiger partial charge in [-0.2, -0.15) is 5.10 Å². The Labute approximate surface area is 218 Å². The molecule has 0 radical (unpaired) electrons. The molecule has 180 valence electrons. The van der Waals surface area contributed by atoms with E-state index < -0.39 is 4.92 Å². The van der Waals surface area contributed by atoms with Gasteiger partial charge in [-0.1, -0.05) is 23.2 Å². The fourth-order valence-corrected chi connectivity index (χ4v) is 4.71. The molecule has 0 bridgehead atoms. The second kappa shape index (κ2) is 9.94. The third-order valence-electron chi connectivity index (χ3n) is 5.15. The van der Waals surface area contributed by atoms with Gasteiger partial charge in [-0.25, -0.2) is 9.67 Å². The number of halogens is 2. The predicted octanol–water partition coefficient (Wildman–Crippen LogP) is 5.88. The van der Waals surface area contributed by atoms with Crippen LogP contribution in [-0.2, 0) is 4.79 Å². The van der Waals surface area contributed by atoms with Crippen LogP contribution in [0.15, 0.2) is 76.1 Å². The predicted molar refractivity (Wildman–Crippen MR) is 140 cm³/mol. The minimum atomic E-state index is -0.460. The summed E-state index contributed by atoms with van der Waals surface area (Å²) in [5.74, 6) is 0.342. The van der Waals surface area contributed by atoms with Gasteiger partial charge in [0.15, 0.2) is 6.61 Å². The lowest BCUT2D eigenvalue weighted by atomic mass is 10.1. The molecule has 1 amide bonds. The van der Waals surface area contributed by atoms with Crippen molar-refractivity contribution in [3.8, 4) is 17.0 Å². The molecule has 2 heterocycles. The normalized spacial score (nSPS) is 13.4. The zero-order chi connectivity index (χ0) is 25.2. The van der Waals surface area contributed by atoms with Gasteiger partial charge in [0.2, 0.25) is 4.80 Å². The molecular weight excluding hydrogens is 525 g/mol. The van der Waals surface area contributed by atoms with Gasteiger partial charge in [0.25, 0.3) is 11.6 Å². The number of nitrogens with one attached hydrogen (secondary N) is 1. The number of aromatic nitrogens is 1. The summed E-state index contributed by atoms with van der Waals surface area (Å²) >= 11 is 13.7. The summed E-state index contributed by atoms with van der Waals surface area (Å²) in [5, 5.41) is 21.1. The monoisotopic (exact) mass is 539 g/mol. The first kappa shape index (κ1) is 23.7. The summed E-state index contributed by atoms with van der Waals surface area (Å²) in [5.41, 5.74) is 3.18. The lowest BCUT2D eigenvalue weighted by Crippen LogP contribution is -2.25. The van der Waals surface area contributed by atoms with E-state index in [1.54, 1.807) is 53.4 Å². The van der Waals surface area contributed by atoms with E-state index in [0.717, 1.165) is 5.56 Å². The number of anilines is 1. The average molecular weight is 540 g/mol. The highest BCUT2D eigenvalue weighted by atomic mass is 35.5. The molecule has 0 saturated carbocycles. The van der Waals surface area contributed by atoms with E-state index in [1.165, 1.54) is 23.5 Å². The Bertz CT molecular complexity index is 1600. The van der Waals surface area contributed by atoms with E-state index in [9.17, 15) is 14.9 Å². The number of hydrogen-bond donors (Lipinski definition) is 1. The molecule has 12 heteroatoms. The van der Waals surface area contributed by atoms with Crippen molar-refractivity contribution in [1.29, 1.82) is 0 Å². The quantitative estimate of drug-likeness (QED) is 0.194. The first-order valence-electron chi connectivity index (χ1n) is 10.4. The van der Waals surface area contributed by atoms with E-state index in [-0.39, 0.29) is 18.2 Å². The Morgan fingerprint density at radius 3 is 2.67 bits per heavy atom. The summed E-state index contributed by atoms with van der Waals surface area (Å²) < 4.78 is 7.09. The summed E-state index contributed by atoms with van der Waals surface area (Å²) in [4.78, 5) is 27.5. The second-order valence-corrected chi connectivity index (χ2v) is 9.24. The number of ether oxygens (including phenoxy) is 1. The molecule has 0 aliphatic carbocycles. The maximum Gasteiger partial charge on any atom is 0.269 e. The van der Waals surface area contributed by atoms with Crippen LogP contribution in [0.1, 0.15) is 5.56 Å². The highest BCUT2D eigenvalue weighted by Gasteiger charge is 2.18. The third kappa shape index (κ3) is 5.01. The van der Waals surface area contributed by atoms with Crippen molar-refractivity contribution >= 4 is 63.7 Å². The van der Waals surface area contributed by atoms with Crippen molar-refractivity contribution < 1.29 is 14.5 Å². The number of hydrogen-bond acceptors (Lipinski definition) is 7. The highest BCUT2D eigenvalue weighted by Crippen LogP contribution is 2.33. The Morgan fingerprint density at radius 1 is 1.11 bits per heavy atom. The number of thiazole rings is 1. The van der Waals surface area contributed by atoms with E-state index in [2.05, 4.69) is 15.4 Å². The Kier molecular flexibility index (Phi) is 6.55. The van der Waals surface area contributed by atoms with Crippen LogP contribution >= 0.6 is 34.5 Å². The molecule has 0 unspecified atom stereocenters. The highest BCUT2D eigenvalue weighted by molar-refractivity contribution is 7.07. The van der Waals surface area contributed by atoms with Gasteiger partial charge in [0.1, 0.15) is 5.75 Å². The molecule has 1 aromatic heterocycles. The van der Waals surface area contributed by atoms with Gasteiger partial charge < -0.3 is 10.1 Å². The zero-order valence-corrected chi connectivity index (χ0v) is 20.5. The zero-order valence-electron chi connectivity index (χ0n) is 18.2. The van der Waals surface area contributed by atoms with Crippen molar-refractivity contribution in [2.45, 2.75) is 0 Å². The first-order chi connectivity index (χ1) is 17.4. The molecule has 1 aliphatic rings. The minimum absolute atomic E-state index is 0.0116. The van der Waals surface area contributed by atoms with Crippen LogP contribution in [0.3, 0.4) is 0 Å². The molecule has 36 heavy (non-hydrogen) atoms. The topological polar surface area (TPSA) is 111 Å². The largest absolute Gasteiger partial charge is 0.482 e. The van der Waals surface area contributed by atoms with Gasteiger partial charge in [0.05, 0.1) is 33.2 Å². The Balaban J connectivity index is 1.61. The average Bonchev–Trinajstić information content (AvgIpc) is 3.26. The number of nitrogens with zero attached hydrogens (tertiary/aromatic N) is 4. The standard InChI is InChI=1S/C24H15Cl2N5O4S/c25-16-4-7-19(18(26)10-16)29-24-30(27-11-14-1-5-17(6-2-14)31(33)34)21(13-36-24)15-3-8-22-20(9-15)28-23(32)12-35-22/h1-11,13H,12H2,(H,28,32). The van der Waals surface area contributed by atoms with Crippen molar-refractivity contribution in [2.75, 3.05) is 11.9 Å². The number of amides is 1. The summed E-state index contributed by atoms with van der Waals surface area (Å²) in [6, 6.07) is 16.5. The van der Waals surface area contributed by atoms with Gasteiger partial charge in [-0.15, -0.1) is 11.3 Å². The van der Waals surface area contributed by atoms with Crippen LogP contribution in [0.2, 0.25) is 10.0 Å². The third-order valence-corrected chi connectivity index (χ3v) is 6.50. The van der Waals surface area contributed by atoms with Crippen LogP contribution in [0.25, 0.3) is 11.3 Å². The van der Waals surface area contributed by atoms with Crippen molar-refractivity contribution in [3.63, 3.8) is 0 Å². The fraction of sp³-hybridized carbons (Fsp3) is 0.0417. The van der Waals surface area contributed by atoms with Gasteiger partial charge in [-0.3, -0.25) is 14.9 Å². The summed E-state index contributed by atoms with van der Waals surface area (Å²) in [7, 11) is 0. The van der Waals surface area contributed by atoms with Crippen molar-refractivity contribution in [2.24, 2.45) is 10.1 Å². The number of non-ortho nitro benzene ring substituents is 1. The number of nitro groups is 1. The summed E-state index contributed by atoms with van der Waals surface area (Å²) in [6.45, 7) is -0.0325. The molecule has 1 N–H and O–H groups in total. The molecule has 5 rings (SSSR count). The Morgan fingerprint density at radius 2 is 1.92 bits per heavy atom. The number of carbonyl (C=O) groups excluding carboxylic acids is 1. The van der Waals surface area contributed by atoms with Gasteiger partial charge >= 0.3 is 0 Å². The Hall–Kier alpha value is -3.99. The van der Waals surface area contributed by atoms with E-state index in [4.69, 9.17) is 27.9 Å². The molecule has 4 aromatic rings. The molecule has 3 aromatic carbocycles. The fourth-order valence-electron chi connectivity index (χ4n) is 3.41. The lowest BCUT2D eigenvalue weighted by Gasteiger charge is -2.18.